The summed E-state index contributed by atoms with van der Waals surface area (Å²) in [5, 5.41) is 7.04. The van der Waals surface area contributed by atoms with Gasteiger partial charge < -0.3 is 10.2 Å². The Labute approximate surface area is 125 Å². The third-order valence-electron chi connectivity index (χ3n) is 3.80. The lowest BCUT2D eigenvalue weighted by Gasteiger charge is -2.33. The molecule has 0 aliphatic carbocycles. The van der Waals surface area contributed by atoms with E-state index in [0.717, 1.165) is 25.1 Å². The van der Waals surface area contributed by atoms with Crippen molar-refractivity contribution in [3.8, 4) is 0 Å². The first-order valence-electron chi connectivity index (χ1n) is 7.53. The molecule has 0 aromatic carbocycles. The fraction of sp³-hybridized carbons (Fsp3) is 0.667. The van der Waals surface area contributed by atoms with Crippen molar-refractivity contribution in [3.05, 3.63) is 22.6 Å². The summed E-state index contributed by atoms with van der Waals surface area (Å²) in [6, 6.07) is 1.58. The lowest BCUT2D eigenvalue weighted by atomic mass is 9.96. The van der Waals surface area contributed by atoms with Crippen LogP contribution in [0.1, 0.15) is 26.7 Å². The Kier molecular flexibility index (Phi) is 4.98. The molecule has 0 saturated carbocycles. The molecule has 1 unspecified atom stereocenters. The van der Waals surface area contributed by atoms with Gasteiger partial charge in [-0.1, -0.05) is 13.8 Å². The van der Waals surface area contributed by atoms with Gasteiger partial charge in [-0.25, -0.2) is 4.68 Å². The van der Waals surface area contributed by atoms with Crippen LogP contribution >= 0.6 is 0 Å². The first-order valence-corrected chi connectivity index (χ1v) is 7.53. The molecular weight excluding hydrogens is 268 g/mol. The minimum atomic E-state index is -0.126. The Morgan fingerprint density at radius 3 is 2.95 bits per heavy atom. The Morgan fingerprint density at radius 2 is 2.29 bits per heavy atom. The molecule has 1 atom stereocenters. The van der Waals surface area contributed by atoms with Gasteiger partial charge >= 0.3 is 0 Å². The maximum Gasteiger partial charge on any atom is 0.268 e. The molecule has 6 heteroatoms. The molecule has 2 rings (SSSR count). The molecule has 1 fully saturated rings. The molecular formula is C15H24N4O2. The van der Waals surface area contributed by atoms with Gasteiger partial charge in [-0.05, 0) is 18.8 Å². The van der Waals surface area contributed by atoms with E-state index in [0.29, 0.717) is 19.0 Å². The Bertz CT molecular complexity index is 553. The van der Waals surface area contributed by atoms with Crippen LogP contribution in [0.25, 0.3) is 0 Å². The van der Waals surface area contributed by atoms with Crippen LogP contribution in [0.5, 0.6) is 0 Å². The van der Waals surface area contributed by atoms with Gasteiger partial charge in [-0.2, -0.15) is 5.10 Å². The van der Waals surface area contributed by atoms with Crippen LogP contribution in [0.3, 0.4) is 0 Å². The number of hydrogen-bond acceptors (Lipinski definition) is 4. The van der Waals surface area contributed by atoms with E-state index in [9.17, 15) is 9.59 Å². The minimum absolute atomic E-state index is 0.0124. The van der Waals surface area contributed by atoms with Gasteiger partial charge in [0.2, 0.25) is 5.91 Å². The predicted molar refractivity (Wildman–Crippen MR) is 82.3 cm³/mol. The number of anilines is 1. The smallest absolute Gasteiger partial charge is 0.268 e. The summed E-state index contributed by atoms with van der Waals surface area (Å²) in [5.41, 5.74) is 0.679. The quantitative estimate of drug-likeness (QED) is 0.890. The predicted octanol–water partition coefficient (Wildman–Crippen LogP) is 0.769. The van der Waals surface area contributed by atoms with E-state index < -0.39 is 0 Å². The zero-order valence-corrected chi connectivity index (χ0v) is 13.0. The van der Waals surface area contributed by atoms with Gasteiger partial charge in [-0.3, -0.25) is 9.59 Å². The highest BCUT2D eigenvalue weighted by atomic mass is 16.2. The van der Waals surface area contributed by atoms with E-state index in [2.05, 4.69) is 29.2 Å². The number of nitrogens with one attached hydrogen (secondary N) is 1. The lowest BCUT2D eigenvalue weighted by Crippen LogP contribution is -2.44. The van der Waals surface area contributed by atoms with Crippen molar-refractivity contribution < 1.29 is 4.79 Å². The molecule has 1 N–H and O–H groups in total. The van der Waals surface area contributed by atoms with E-state index in [1.165, 1.54) is 4.68 Å². The van der Waals surface area contributed by atoms with Crippen molar-refractivity contribution in [2.45, 2.75) is 26.7 Å². The second-order valence-electron chi connectivity index (χ2n) is 6.10. The van der Waals surface area contributed by atoms with Crippen LogP contribution in [0.4, 0.5) is 5.69 Å². The molecule has 0 spiro atoms. The van der Waals surface area contributed by atoms with Crippen molar-refractivity contribution >= 4 is 11.6 Å². The fourth-order valence-corrected chi connectivity index (χ4v) is 2.51. The minimum Gasteiger partial charge on any atom is -0.369 e. The fourth-order valence-electron chi connectivity index (χ4n) is 2.51. The molecule has 0 bridgehead atoms. The zero-order valence-electron chi connectivity index (χ0n) is 13.0. The number of amides is 1. The molecule has 1 aliphatic rings. The number of carbonyl (C=O) groups excluding carboxylic acids is 1. The summed E-state index contributed by atoms with van der Waals surface area (Å²) in [6.45, 7) is 6.39. The standard InChI is InChI=1S/C15H24N4O2/c1-11(2)8-16-15(21)12-5-4-6-19(10-12)13-7-14(20)18(3)17-9-13/h7,9,11-12H,4-6,8,10H2,1-3H3,(H,16,21). The highest BCUT2D eigenvalue weighted by molar-refractivity contribution is 5.79. The van der Waals surface area contributed by atoms with Gasteiger partial charge in [0.25, 0.3) is 5.56 Å². The van der Waals surface area contributed by atoms with E-state index in [1.807, 2.05) is 0 Å². The third kappa shape index (κ3) is 4.06. The number of hydrogen-bond donors (Lipinski definition) is 1. The molecule has 0 radical (unpaired) electrons. The average Bonchev–Trinajstić information content (AvgIpc) is 2.47. The number of carbonyl (C=O) groups is 1. The SMILES string of the molecule is CC(C)CNC(=O)C1CCCN(c2cnn(C)c(=O)c2)C1. The number of piperidine rings is 1. The van der Waals surface area contributed by atoms with Crippen molar-refractivity contribution in [3.63, 3.8) is 0 Å². The molecule has 1 aromatic rings. The van der Waals surface area contributed by atoms with Gasteiger partial charge in [0, 0.05) is 32.7 Å². The van der Waals surface area contributed by atoms with Crippen LogP contribution < -0.4 is 15.8 Å². The first-order chi connectivity index (χ1) is 9.97. The van der Waals surface area contributed by atoms with Crippen LogP contribution in [0.2, 0.25) is 0 Å². The van der Waals surface area contributed by atoms with E-state index >= 15 is 0 Å². The molecule has 1 aliphatic heterocycles. The Hall–Kier alpha value is -1.85. The molecule has 2 heterocycles. The highest BCUT2D eigenvalue weighted by Crippen LogP contribution is 2.21. The second-order valence-corrected chi connectivity index (χ2v) is 6.10. The lowest BCUT2D eigenvalue weighted by molar-refractivity contribution is -0.125. The molecule has 116 valence electrons. The Morgan fingerprint density at radius 1 is 1.52 bits per heavy atom. The van der Waals surface area contributed by atoms with Gasteiger partial charge in [0.15, 0.2) is 0 Å². The van der Waals surface area contributed by atoms with Crippen LogP contribution in [-0.4, -0.2) is 35.3 Å². The van der Waals surface area contributed by atoms with Crippen LogP contribution in [0, 0.1) is 11.8 Å². The van der Waals surface area contributed by atoms with Crippen LogP contribution in [-0.2, 0) is 11.8 Å². The van der Waals surface area contributed by atoms with Gasteiger partial charge in [0.05, 0.1) is 17.8 Å². The summed E-state index contributed by atoms with van der Waals surface area (Å²) in [6.07, 6.45) is 3.55. The summed E-state index contributed by atoms with van der Waals surface area (Å²) in [7, 11) is 1.63. The summed E-state index contributed by atoms with van der Waals surface area (Å²) in [4.78, 5) is 25.9. The Balaban J connectivity index is 2.01. The van der Waals surface area contributed by atoms with E-state index in [4.69, 9.17) is 0 Å². The van der Waals surface area contributed by atoms with E-state index in [-0.39, 0.29) is 17.4 Å². The molecule has 1 amide bonds. The summed E-state index contributed by atoms with van der Waals surface area (Å²) < 4.78 is 1.31. The van der Waals surface area contributed by atoms with Crippen molar-refractivity contribution in [1.82, 2.24) is 15.1 Å². The van der Waals surface area contributed by atoms with Gasteiger partial charge in [0.1, 0.15) is 0 Å². The number of rotatable bonds is 4. The maximum absolute atomic E-state index is 12.2. The topological polar surface area (TPSA) is 67.2 Å². The monoisotopic (exact) mass is 292 g/mol. The second kappa shape index (κ2) is 6.74. The highest BCUT2D eigenvalue weighted by Gasteiger charge is 2.26. The third-order valence-corrected chi connectivity index (χ3v) is 3.80. The zero-order chi connectivity index (χ0) is 15.4. The van der Waals surface area contributed by atoms with E-state index in [1.54, 1.807) is 19.3 Å². The maximum atomic E-state index is 12.2. The first kappa shape index (κ1) is 15.5. The number of aryl methyl sites for hydroxylation is 1. The largest absolute Gasteiger partial charge is 0.369 e. The molecule has 1 aromatic heterocycles. The molecule has 1 saturated heterocycles. The summed E-state index contributed by atoms with van der Waals surface area (Å²) >= 11 is 0. The van der Waals surface area contributed by atoms with Crippen molar-refractivity contribution in [2.24, 2.45) is 18.9 Å². The van der Waals surface area contributed by atoms with Crippen LogP contribution in [0.15, 0.2) is 17.1 Å². The van der Waals surface area contributed by atoms with Gasteiger partial charge in [-0.15, -0.1) is 0 Å². The molecule has 21 heavy (non-hydrogen) atoms. The number of nitrogens with zero attached hydrogens (tertiary/aromatic N) is 3. The average molecular weight is 292 g/mol. The number of aromatic nitrogens is 2. The van der Waals surface area contributed by atoms with Crippen molar-refractivity contribution in [2.75, 3.05) is 24.5 Å². The molecule has 6 nitrogen and oxygen atoms in total. The van der Waals surface area contributed by atoms with Crippen molar-refractivity contribution in [1.29, 1.82) is 0 Å². The summed E-state index contributed by atoms with van der Waals surface area (Å²) in [5.74, 6) is 0.557. The normalized spacial score (nSPS) is 18.9.